The fourth-order valence-electron chi connectivity index (χ4n) is 5.71. The quantitative estimate of drug-likeness (QED) is 0.0265. The van der Waals surface area contributed by atoms with Gasteiger partial charge in [-0.25, -0.2) is 0 Å². The zero-order valence-corrected chi connectivity index (χ0v) is 34.7. The van der Waals surface area contributed by atoms with Gasteiger partial charge in [0.2, 0.25) is 0 Å². The number of rotatable bonds is 40. The van der Waals surface area contributed by atoms with Gasteiger partial charge < -0.3 is 28.3 Å². The Morgan fingerprint density at radius 3 is 1.69 bits per heavy atom. The van der Waals surface area contributed by atoms with Gasteiger partial charge in [-0.2, -0.15) is 0 Å². The average molecular weight is 743 g/mol. The van der Waals surface area contributed by atoms with Crippen LogP contribution in [0.4, 0.5) is 0 Å². The van der Waals surface area contributed by atoms with Gasteiger partial charge in [0, 0.05) is 19.6 Å². The molecular formula is C42H81NO7P-. The lowest BCUT2D eigenvalue weighted by atomic mass is 10.0. The second-order valence-electron chi connectivity index (χ2n) is 14.2. The number of nitrogens with zero attached hydrogens (tertiary/aromatic N) is 1. The first-order valence-electron chi connectivity index (χ1n) is 21.2. The summed E-state index contributed by atoms with van der Waals surface area (Å²) in [5.74, 6) is -0.274. The van der Waals surface area contributed by atoms with E-state index in [2.05, 4.69) is 38.2 Å². The van der Waals surface area contributed by atoms with Crippen LogP contribution in [-0.2, 0) is 27.9 Å². The van der Waals surface area contributed by atoms with Gasteiger partial charge in [-0.1, -0.05) is 161 Å². The molecule has 51 heavy (non-hydrogen) atoms. The van der Waals surface area contributed by atoms with Crippen LogP contribution in [0.3, 0.4) is 0 Å². The smallest absolute Gasteiger partial charge is 0.305 e. The van der Waals surface area contributed by atoms with Crippen molar-refractivity contribution in [2.24, 2.45) is 0 Å². The molecule has 0 heterocycles. The number of phosphoric acid groups is 1. The number of phosphoric ester groups is 1. The van der Waals surface area contributed by atoms with Crippen LogP contribution in [0.2, 0.25) is 0 Å². The molecule has 0 bridgehead atoms. The summed E-state index contributed by atoms with van der Waals surface area (Å²) >= 11 is 0. The van der Waals surface area contributed by atoms with Gasteiger partial charge in [-0.15, -0.1) is 0 Å². The largest absolute Gasteiger partial charge is 0.756 e. The third kappa shape index (κ3) is 38.5. The van der Waals surface area contributed by atoms with Crippen molar-refractivity contribution in [3.05, 3.63) is 24.3 Å². The van der Waals surface area contributed by atoms with Crippen LogP contribution in [0.1, 0.15) is 188 Å². The molecule has 0 radical (unpaired) electrons. The lowest BCUT2D eigenvalue weighted by Gasteiger charge is -2.26. The number of unbranched alkanes of at least 4 members (excludes halogenated alkanes) is 21. The van der Waals surface area contributed by atoms with Crippen molar-refractivity contribution in [3.63, 3.8) is 0 Å². The van der Waals surface area contributed by atoms with Crippen molar-refractivity contribution >= 4 is 13.8 Å². The SMILES string of the molecule is CCCCC/C=C\C/C=C\CCCCCCCCO[C@H](COC(=O)CCCCCCCCCCCCCCC)COP(=O)([O-])OCCN(C)CC. The molecule has 0 amide bonds. The third-order valence-electron chi connectivity index (χ3n) is 9.29. The lowest BCUT2D eigenvalue weighted by molar-refractivity contribution is -0.228. The van der Waals surface area contributed by atoms with Crippen LogP contribution in [0.25, 0.3) is 0 Å². The summed E-state index contributed by atoms with van der Waals surface area (Å²) in [6, 6.07) is 0. The number of hydrogen-bond donors (Lipinski definition) is 0. The molecule has 0 aliphatic rings. The van der Waals surface area contributed by atoms with E-state index in [1.807, 2.05) is 18.9 Å². The standard InChI is InChI=1S/C42H82NO7P/c1-5-8-10-12-14-16-18-20-21-22-24-26-28-30-32-34-37-47-41(40-50-51(45,46)49-38-36-43(4)7-3)39-48-42(44)35-33-31-29-27-25-23-19-17-15-13-11-9-6-2/h14,16,20-21,41H,5-13,15,17-19,22-40H2,1-4H3,(H,45,46)/p-1/b16-14-,21-20-/t41-/m1/s1. The van der Waals surface area contributed by atoms with E-state index in [1.165, 1.54) is 109 Å². The molecule has 8 nitrogen and oxygen atoms in total. The van der Waals surface area contributed by atoms with Crippen molar-refractivity contribution < 1.29 is 32.8 Å². The summed E-state index contributed by atoms with van der Waals surface area (Å²) in [4.78, 5) is 26.7. The predicted molar refractivity (Wildman–Crippen MR) is 213 cm³/mol. The number of allylic oxidation sites excluding steroid dienone is 4. The van der Waals surface area contributed by atoms with Crippen LogP contribution in [-0.4, -0.2) is 63.5 Å². The lowest BCUT2D eigenvalue weighted by Crippen LogP contribution is -2.29. The molecular weight excluding hydrogens is 661 g/mol. The molecule has 0 rings (SSSR count). The minimum atomic E-state index is -4.49. The first-order valence-corrected chi connectivity index (χ1v) is 22.7. The number of carbonyl (C=O) groups is 1. The Morgan fingerprint density at radius 2 is 1.12 bits per heavy atom. The normalized spacial score (nSPS) is 13.8. The van der Waals surface area contributed by atoms with Crippen molar-refractivity contribution in [1.29, 1.82) is 0 Å². The summed E-state index contributed by atoms with van der Waals surface area (Å²) in [5.41, 5.74) is 0. The number of carbonyl (C=O) groups excluding carboxylic acids is 1. The van der Waals surface area contributed by atoms with Crippen LogP contribution < -0.4 is 4.89 Å². The van der Waals surface area contributed by atoms with Gasteiger partial charge in [0.15, 0.2) is 0 Å². The summed E-state index contributed by atoms with van der Waals surface area (Å²) in [7, 11) is -2.59. The topological polar surface area (TPSA) is 97.4 Å². The molecule has 302 valence electrons. The van der Waals surface area contributed by atoms with Crippen LogP contribution in [0.5, 0.6) is 0 Å². The Bertz CT molecular complexity index is 853. The molecule has 0 aromatic heterocycles. The minimum absolute atomic E-state index is 0.0254. The van der Waals surface area contributed by atoms with Gasteiger partial charge in [-0.05, 0) is 58.5 Å². The molecule has 0 aliphatic heterocycles. The monoisotopic (exact) mass is 743 g/mol. The maximum absolute atomic E-state index is 12.4. The zero-order chi connectivity index (χ0) is 37.5. The highest BCUT2D eigenvalue weighted by atomic mass is 31.2. The summed E-state index contributed by atoms with van der Waals surface area (Å²) in [6.45, 7) is 7.98. The maximum atomic E-state index is 12.4. The molecule has 0 saturated heterocycles. The molecule has 0 spiro atoms. The number of likely N-dealkylation sites (N-methyl/N-ethyl adjacent to an activating group) is 1. The van der Waals surface area contributed by atoms with Crippen LogP contribution in [0.15, 0.2) is 24.3 Å². The van der Waals surface area contributed by atoms with E-state index >= 15 is 0 Å². The molecule has 1 unspecified atom stereocenters. The molecule has 9 heteroatoms. The van der Waals surface area contributed by atoms with Crippen molar-refractivity contribution in [2.75, 3.05) is 46.6 Å². The Balaban J connectivity index is 4.25. The molecule has 0 aromatic rings. The predicted octanol–water partition coefficient (Wildman–Crippen LogP) is 11.7. The van der Waals surface area contributed by atoms with E-state index in [1.54, 1.807) is 0 Å². The summed E-state index contributed by atoms with van der Waals surface area (Å²) < 4.78 is 33.9. The maximum Gasteiger partial charge on any atom is 0.305 e. The Kier molecular flexibility index (Phi) is 37.9. The van der Waals surface area contributed by atoms with Gasteiger partial charge in [0.1, 0.15) is 12.7 Å². The highest BCUT2D eigenvalue weighted by molar-refractivity contribution is 7.45. The molecule has 0 N–H and O–H groups in total. The van der Waals surface area contributed by atoms with E-state index in [0.717, 1.165) is 57.9 Å². The first kappa shape index (κ1) is 50.0. The second kappa shape index (κ2) is 38.7. The fraction of sp³-hybridized carbons (Fsp3) is 0.881. The van der Waals surface area contributed by atoms with Crippen molar-refractivity contribution in [3.8, 4) is 0 Å². The van der Waals surface area contributed by atoms with E-state index in [4.69, 9.17) is 18.5 Å². The summed E-state index contributed by atoms with van der Waals surface area (Å²) in [5, 5.41) is 0. The molecule has 0 aromatic carbocycles. The second-order valence-corrected chi connectivity index (χ2v) is 15.6. The van der Waals surface area contributed by atoms with E-state index < -0.39 is 13.9 Å². The van der Waals surface area contributed by atoms with Gasteiger partial charge >= 0.3 is 5.97 Å². The third-order valence-corrected chi connectivity index (χ3v) is 10.3. The number of hydrogen-bond acceptors (Lipinski definition) is 8. The van der Waals surface area contributed by atoms with Gasteiger partial charge in [0.05, 0.1) is 13.2 Å². The summed E-state index contributed by atoms with van der Waals surface area (Å²) in [6.07, 6.45) is 39.1. The van der Waals surface area contributed by atoms with E-state index in [0.29, 0.717) is 19.6 Å². The highest BCUT2D eigenvalue weighted by Gasteiger charge is 2.18. The van der Waals surface area contributed by atoms with Gasteiger partial charge in [-0.3, -0.25) is 9.36 Å². The van der Waals surface area contributed by atoms with Crippen molar-refractivity contribution in [1.82, 2.24) is 4.90 Å². The van der Waals surface area contributed by atoms with Crippen molar-refractivity contribution in [2.45, 2.75) is 194 Å². The Morgan fingerprint density at radius 1 is 0.627 bits per heavy atom. The minimum Gasteiger partial charge on any atom is -0.756 e. The molecule has 0 fully saturated rings. The molecule has 0 aliphatic carbocycles. The van der Waals surface area contributed by atoms with E-state index in [9.17, 15) is 14.3 Å². The van der Waals surface area contributed by atoms with E-state index in [-0.39, 0.29) is 25.8 Å². The first-order chi connectivity index (χ1) is 24.8. The zero-order valence-electron chi connectivity index (χ0n) is 33.8. The average Bonchev–Trinajstić information content (AvgIpc) is 3.12. The highest BCUT2D eigenvalue weighted by Crippen LogP contribution is 2.38. The Hall–Kier alpha value is -1.02. The van der Waals surface area contributed by atoms with Crippen LogP contribution in [0, 0.1) is 0 Å². The fourth-order valence-corrected chi connectivity index (χ4v) is 6.44. The number of ether oxygens (including phenoxy) is 2. The van der Waals surface area contributed by atoms with Crippen LogP contribution >= 0.6 is 7.82 Å². The van der Waals surface area contributed by atoms with Gasteiger partial charge in [0.25, 0.3) is 7.82 Å². The number of esters is 1. The molecule has 0 saturated carbocycles. The Labute approximate surface area is 315 Å². The molecule has 2 atom stereocenters.